The zero-order chi connectivity index (χ0) is 11.8. The molecule has 1 fully saturated rings. The van der Waals surface area contributed by atoms with E-state index in [1.165, 1.54) is 26.3 Å². The molecule has 0 saturated carbocycles. The average Bonchev–Trinajstić information content (AvgIpc) is 2.21. The van der Waals surface area contributed by atoms with Gasteiger partial charge in [-0.25, -0.2) is 4.79 Å². The van der Waals surface area contributed by atoms with Crippen LogP contribution in [0.5, 0.6) is 0 Å². The van der Waals surface area contributed by atoms with Crippen molar-refractivity contribution in [2.24, 2.45) is 0 Å². The summed E-state index contributed by atoms with van der Waals surface area (Å²) in [7, 11) is 1.50. The van der Waals surface area contributed by atoms with Gasteiger partial charge in [-0.1, -0.05) is 19.3 Å². The van der Waals surface area contributed by atoms with Crippen LogP contribution in [0.3, 0.4) is 0 Å². The Bertz CT molecular complexity index is 235. The maximum absolute atomic E-state index is 11.5. The van der Waals surface area contributed by atoms with E-state index < -0.39 is 6.03 Å². The van der Waals surface area contributed by atoms with E-state index >= 15 is 0 Å². The molecular formula is C11H21N3O2. The predicted octanol–water partition coefficient (Wildman–Crippen LogP) is 0.708. The minimum absolute atomic E-state index is 0.222. The lowest BCUT2D eigenvalue weighted by atomic mass is 10.1. The van der Waals surface area contributed by atoms with E-state index in [0.29, 0.717) is 6.54 Å². The second-order valence-corrected chi connectivity index (χ2v) is 4.17. The van der Waals surface area contributed by atoms with Gasteiger partial charge in [-0.15, -0.1) is 0 Å². The third-order valence-electron chi connectivity index (χ3n) is 2.80. The largest absolute Gasteiger partial charge is 0.341 e. The fraction of sp³-hybridized carbons (Fsp3) is 0.818. The monoisotopic (exact) mass is 227 g/mol. The number of hydrogen-bond acceptors (Lipinski definition) is 3. The van der Waals surface area contributed by atoms with Gasteiger partial charge in [0.15, 0.2) is 0 Å². The molecule has 1 aliphatic rings. The molecule has 0 atom stereocenters. The Morgan fingerprint density at radius 1 is 1.06 bits per heavy atom. The van der Waals surface area contributed by atoms with Crippen LogP contribution in [0.15, 0.2) is 0 Å². The van der Waals surface area contributed by atoms with E-state index in [4.69, 9.17) is 0 Å². The Balaban J connectivity index is 2.27. The molecule has 2 N–H and O–H groups in total. The molecule has 5 heteroatoms. The standard InChI is InChI=1S/C11H21N3O2/c1-12-11(16)13-10(15)9-14-7-5-3-2-4-6-8-14/h2-9H2,1H3,(H2,12,13,15,16). The third kappa shape index (κ3) is 5.11. The highest BCUT2D eigenvalue weighted by Crippen LogP contribution is 2.09. The van der Waals surface area contributed by atoms with Crippen molar-refractivity contribution in [3.05, 3.63) is 0 Å². The molecule has 0 aliphatic carbocycles. The first kappa shape index (κ1) is 13.0. The number of likely N-dealkylation sites (tertiary alicyclic amines) is 1. The minimum Gasteiger partial charge on any atom is -0.341 e. The summed E-state index contributed by atoms with van der Waals surface area (Å²) in [6, 6.07) is -0.433. The van der Waals surface area contributed by atoms with E-state index in [-0.39, 0.29) is 5.91 Å². The van der Waals surface area contributed by atoms with Crippen LogP contribution in [0.2, 0.25) is 0 Å². The fourth-order valence-corrected chi connectivity index (χ4v) is 1.90. The molecule has 0 unspecified atom stereocenters. The van der Waals surface area contributed by atoms with Crippen LogP contribution < -0.4 is 10.6 Å². The fourth-order valence-electron chi connectivity index (χ4n) is 1.90. The zero-order valence-electron chi connectivity index (χ0n) is 9.92. The van der Waals surface area contributed by atoms with Crippen molar-refractivity contribution < 1.29 is 9.59 Å². The number of imide groups is 1. The molecule has 0 aromatic rings. The summed E-state index contributed by atoms with van der Waals surface area (Å²) in [5.74, 6) is -0.222. The smallest absolute Gasteiger partial charge is 0.321 e. The van der Waals surface area contributed by atoms with Crippen LogP contribution in [-0.4, -0.2) is 43.5 Å². The second kappa shape index (κ2) is 7.22. The SMILES string of the molecule is CNC(=O)NC(=O)CN1CCCCCCC1. The Labute approximate surface area is 96.6 Å². The van der Waals surface area contributed by atoms with Crippen molar-refractivity contribution in [1.82, 2.24) is 15.5 Å². The maximum Gasteiger partial charge on any atom is 0.321 e. The number of amides is 3. The molecule has 0 bridgehead atoms. The molecule has 0 aromatic carbocycles. The number of carbonyl (C=O) groups is 2. The van der Waals surface area contributed by atoms with Crippen molar-refractivity contribution >= 4 is 11.9 Å². The van der Waals surface area contributed by atoms with Crippen LogP contribution in [-0.2, 0) is 4.79 Å². The van der Waals surface area contributed by atoms with E-state index in [0.717, 1.165) is 25.9 Å². The normalized spacial score (nSPS) is 18.3. The molecule has 92 valence electrons. The molecular weight excluding hydrogens is 206 g/mol. The summed E-state index contributed by atoms with van der Waals surface area (Å²) in [5.41, 5.74) is 0. The van der Waals surface area contributed by atoms with Gasteiger partial charge in [-0.05, 0) is 25.9 Å². The first-order chi connectivity index (χ1) is 7.72. The van der Waals surface area contributed by atoms with Crippen molar-refractivity contribution in [1.29, 1.82) is 0 Å². The van der Waals surface area contributed by atoms with Gasteiger partial charge >= 0.3 is 6.03 Å². The minimum atomic E-state index is -0.433. The summed E-state index contributed by atoms with van der Waals surface area (Å²) in [6.45, 7) is 2.25. The van der Waals surface area contributed by atoms with Gasteiger partial charge in [-0.2, -0.15) is 0 Å². The maximum atomic E-state index is 11.5. The quantitative estimate of drug-likeness (QED) is 0.730. The summed E-state index contributed by atoms with van der Waals surface area (Å²) in [5, 5.41) is 4.65. The molecule has 1 heterocycles. The number of carbonyl (C=O) groups excluding carboxylic acids is 2. The highest BCUT2D eigenvalue weighted by Gasteiger charge is 2.13. The van der Waals surface area contributed by atoms with Crippen molar-refractivity contribution in [2.75, 3.05) is 26.7 Å². The molecule has 1 saturated heterocycles. The van der Waals surface area contributed by atoms with Crippen molar-refractivity contribution in [3.63, 3.8) is 0 Å². The molecule has 0 radical (unpaired) electrons. The molecule has 0 aromatic heterocycles. The van der Waals surface area contributed by atoms with Crippen LogP contribution in [0, 0.1) is 0 Å². The van der Waals surface area contributed by atoms with Crippen molar-refractivity contribution in [3.8, 4) is 0 Å². The Kier molecular flexibility index (Phi) is 5.85. The molecule has 16 heavy (non-hydrogen) atoms. The lowest BCUT2D eigenvalue weighted by Gasteiger charge is -2.23. The lowest BCUT2D eigenvalue weighted by Crippen LogP contribution is -2.44. The summed E-state index contributed by atoms with van der Waals surface area (Å²) < 4.78 is 0. The lowest BCUT2D eigenvalue weighted by molar-refractivity contribution is -0.121. The molecule has 3 amide bonds. The van der Waals surface area contributed by atoms with Crippen LogP contribution in [0.25, 0.3) is 0 Å². The third-order valence-corrected chi connectivity index (χ3v) is 2.80. The molecule has 5 nitrogen and oxygen atoms in total. The van der Waals surface area contributed by atoms with Crippen LogP contribution in [0.4, 0.5) is 4.79 Å². The van der Waals surface area contributed by atoms with Gasteiger partial charge in [0.05, 0.1) is 6.54 Å². The highest BCUT2D eigenvalue weighted by atomic mass is 16.2. The second-order valence-electron chi connectivity index (χ2n) is 4.17. The first-order valence-electron chi connectivity index (χ1n) is 5.96. The average molecular weight is 227 g/mol. The number of rotatable bonds is 2. The van der Waals surface area contributed by atoms with E-state index in [1.54, 1.807) is 0 Å². The van der Waals surface area contributed by atoms with Gasteiger partial charge in [0, 0.05) is 7.05 Å². The first-order valence-corrected chi connectivity index (χ1v) is 5.96. The van der Waals surface area contributed by atoms with Crippen molar-refractivity contribution in [2.45, 2.75) is 32.1 Å². The predicted molar refractivity (Wildman–Crippen MR) is 62.1 cm³/mol. The topological polar surface area (TPSA) is 61.4 Å². The summed E-state index contributed by atoms with van der Waals surface area (Å²) in [4.78, 5) is 24.5. The van der Waals surface area contributed by atoms with Crippen LogP contribution in [0.1, 0.15) is 32.1 Å². The molecule has 1 aliphatic heterocycles. The summed E-state index contributed by atoms with van der Waals surface area (Å²) in [6.07, 6.45) is 6.08. The summed E-state index contributed by atoms with van der Waals surface area (Å²) >= 11 is 0. The molecule has 0 spiro atoms. The Morgan fingerprint density at radius 3 is 2.19 bits per heavy atom. The van der Waals surface area contributed by atoms with E-state index in [2.05, 4.69) is 15.5 Å². The number of hydrogen-bond donors (Lipinski definition) is 2. The van der Waals surface area contributed by atoms with Gasteiger partial charge in [-0.3, -0.25) is 15.0 Å². The number of urea groups is 1. The van der Waals surface area contributed by atoms with Crippen LogP contribution >= 0.6 is 0 Å². The van der Waals surface area contributed by atoms with E-state index in [1.807, 2.05) is 0 Å². The van der Waals surface area contributed by atoms with E-state index in [9.17, 15) is 9.59 Å². The van der Waals surface area contributed by atoms with Gasteiger partial charge < -0.3 is 5.32 Å². The highest BCUT2D eigenvalue weighted by molar-refractivity contribution is 5.95. The number of nitrogens with zero attached hydrogens (tertiary/aromatic N) is 1. The van der Waals surface area contributed by atoms with Gasteiger partial charge in [0.1, 0.15) is 0 Å². The van der Waals surface area contributed by atoms with Gasteiger partial charge in [0.2, 0.25) is 5.91 Å². The number of nitrogens with one attached hydrogen (secondary N) is 2. The van der Waals surface area contributed by atoms with Gasteiger partial charge in [0.25, 0.3) is 0 Å². The Morgan fingerprint density at radius 2 is 1.62 bits per heavy atom. The zero-order valence-corrected chi connectivity index (χ0v) is 9.92. The Hall–Kier alpha value is -1.10. The molecule has 1 rings (SSSR count).